The predicted molar refractivity (Wildman–Crippen MR) is 209 cm³/mol. The van der Waals surface area contributed by atoms with E-state index in [1.54, 1.807) is 0 Å². The van der Waals surface area contributed by atoms with Crippen molar-refractivity contribution in [3.8, 4) is 0 Å². The maximum absolute atomic E-state index is 5.93. The molecule has 7 heteroatoms. The Kier molecular flexibility index (Phi) is 7.26. The monoisotopic (exact) mass is 765 g/mol. The van der Waals surface area contributed by atoms with Crippen molar-refractivity contribution in [3.05, 3.63) is 76.1 Å². The summed E-state index contributed by atoms with van der Waals surface area (Å²) < 4.78 is 6.59. The summed E-state index contributed by atoms with van der Waals surface area (Å²) in [5.74, 6) is 7.97. The van der Waals surface area contributed by atoms with Crippen molar-refractivity contribution in [3.63, 3.8) is 0 Å². The van der Waals surface area contributed by atoms with Crippen molar-refractivity contribution in [1.29, 1.82) is 0 Å². The maximum atomic E-state index is 5.93. The zero-order chi connectivity index (χ0) is 36.2. The van der Waals surface area contributed by atoms with Crippen LogP contribution >= 0.6 is 0 Å². The molecule has 0 saturated heterocycles. The van der Waals surface area contributed by atoms with E-state index in [0.717, 1.165) is 53.3 Å². The van der Waals surface area contributed by atoms with Gasteiger partial charge in [-0.25, -0.2) is 0 Å². The van der Waals surface area contributed by atoms with E-state index in [0.29, 0.717) is 15.0 Å². The molecule has 0 aliphatic heterocycles. The molecular formula is C47H62MnN6. The van der Waals surface area contributed by atoms with E-state index < -0.39 is 4.69 Å². The standard InChI is InChI=1S/C43H57N6.C4H5.Mn/c1-25-4-37(41-16-28-7-29(17-41)9-30(8-28)18-41)44-47(25)40(48-26(2)5-38(45-48)42-19-31-10-32(20-42)12-33(11-31)21-42)49-27(3)6-39(46-49)43-22-34-13-35(23-43)15-36(14-34)24-43;1-3-4-2;/h4-6,28-36H,7-24H2,1-3H3;1,3-4H,2H2;. The molecule has 12 fully saturated rings. The molecule has 0 N–H and O–H groups in total. The summed E-state index contributed by atoms with van der Waals surface area (Å²) in [5, 5.41) is 17.8. The summed E-state index contributed by atoms with van der Waals surface area (Å²) in [4.78, 5) is 2.36. The molecule has 0 atom stereocenters. The minimum absolute atomic E-state index is 0.226. The Morgan fingerprint density at radius 2 is 0.778 bits per heavy atom. The van der Waals surface area contributed by atoms with Gasteiger partial charge in [-0.1, -0.05) is 0 Å². The predicted octanol–water partition coefficient (Wildman–Crippen LogP) is 10.1. The van der Waals surface area contributed by atoms with E-state index in [1.807, 2.05) is 6.08 Å². The Hall–Kier alpha value is -2.37. The molecule has 54 heavy (non-hydrogen) atoms. The first kappa shape index (κ1) is 33.7. The fraction of sp³-hybridized carbons (Fsp3) is 0.723. The van der Waals surface area contributed by atoms with Gasteiger partial charge in [0.25, 0.3) is 0 Å². The van der Waals surface area contributed by atoms with Crippen molar-refractivity contribution in [2.75, 3.05) is 0 Å². The molecule has 0 spiro atoms. The van der Waals surface area contributed by atoms with Gasteiger partial charge in [0.15, 0.2) is 0 Å². The third-order valence-electron chi connectivity index (χ3n) is 17.6. The number of aryl methyl sites for hydroxylation is 3. The van der Waals surface area contributed by atoms with Gasteiger partial charge in [-0.2, -0.15) is 0 Å². The first-order valence-corrected chi connectivity index (χ1v) is 23.6. The summed E-state index contributed by atoms with van der Waals surface area (Å²) >= 11 is 0.303. The van der Waals surface area contributed by atoms with Gasteiger partial charge in [-0.3, -0.25) is 0 Å². The molecule has 12 aliphatic carbocycles. The van der Waals surface area contributed by atoms with Crippen molar-refractivity contribution >= 4 is 0 Å². The van der Waals surface area contributed by atoms with Gasteiger partial charge in [0.05, 0.1) is 0 Å². The fourth-order valence-electron chi connectivity index (χ4n) is 16.9. The van der Waals surface area contributed by atoms with Gasteiger partial charge in [0.1, 0.15) is 0 Å². The van der Waals surface area contributed by atoms with Crippen molar-refractivity contribution < 1.29 is 15.0 Å². The third kappa shape index (κ3) is 4.78. The zero-order valence-corrected chi connectivity index (χ0v) is 34.3. The van der Waals surface area contributed by atoms with Crippen LogP contribution in [0.15, 0.2) is 41.9 Å². The molecule has 3 heterocycles. The Morgan fingerprint density at radius 3 is 1.02 bits per heavy atom. The van der Waals surface area contributed by atoms with Crippen molar-refractivity contribution in [1.82, 2.24) is 29.3 Å². The van der Waals surface area contributed by atoms with Crippen molar-refractivity contribution in [2.45, 2.75) is 157 Å². The molecule has 12 saturated carbocycles. The Balaban J connectivity index is 1.05. The van der Waals surface area contributed by atoms with Gasteiger partial charge >= 0.3 is 331 Å². The molecule has 12 bridgehead atoms. The first-order valence-electron chi connectivity index (χ1n) is 22.3. The summed E-state index contributed by atoms with van der Waals surface area (Å²) in [5.41, 5.74) is 8.50. The van der Waals surface area contributed by atoms with E-state index >= 15 is 0 Å². The van der Waals surface area contributed by atoms with Gasteiger partial charge in [-0.15, -0.1) is 0 Å². The van der Waals surface area contributed by atoms with Gasteiger partial charge in [-0.05, 0) is 0 Å². The molecule has 0 unspecified atom stereocenters. The number of rotatable bonds is 9. The van der Waals surface area contributed by atoms with Crippen LogP contribution in [0.5, 0.6) is 0 Å². The molecule has 287 valence electrons. The molecule has 3 aromatic heterocycles. The molecule has 0 radical (unpaired) electrons. The minimum atomic E-state index is -0.747. The summed E-state index contributed by atoms with van der Waals surface area (Å²) in [6, 6.07) is 7.55. The molecule has 15 rings (SSSR count). The van der Waals surface area contributed by atoms with Crippen LogP contribution in [0.4, 0.5) is 0 Å². The average Bonchev–Trinajstić information content (AvgIpc) is 3.83. The molecular weight excluding hydrogens is 703 g/mol. The SMILES string of the molecule is C=CC=[CH][Mn][C](n1nc(C23CC4CC(CC(C4)C2)C3)cc1C)(n1nc(C23CC4CC(CC(C4)C2)C3)cc1C)n1nc(C23CC4CC(CC(C4)C2)C3)cc1C. The number of aromatic nitrogens is 6. The molecule has 0 amide bonds. The Labute approximate surface area is 329 Å². The van der Waals surface area contributed by atoms with Crippen LogP contribution in [0.25, 0.3) is 0 Å². The third-order valence-corrected chi connectivity index (χ3v) is 19.3. The second-order valence-electron chi connectivity index (χ2n) is 21.6. The Morgan fingerprint density at radius 1 is 0.519 bits per heavy atom. The number of nitrogens with zero attached hydrogens (tertiary/aromatic N) is 6. The van der Waals surface area contributed by atoms with Gasteiger partial charge < -0.3 is 0 Å². The summed E-state index contributed by atoms with van der Waals surface area (Å²) in [7, 11) is 0. The van der Waals surface area contributed by atoms with E-state index in [1.165, 1.54) is 150 Å². The van der Waals surface area contributed by atoms with Crippen LogP contribution in [0.3, 0.4) is 0 Å². The molecule has 3 aromatic rings. The molecule has 6 nitrogen and oxygen atoms in total. The fourth-order valence-corrected chi connectivity index (χ4v) is 18.7. The van der Waals surface area contributed by atoms with Gasteiger partial charge in [0.2, 0.25) is 0 Å². The van der Waals surface area contributed by atoms with Crippen LogP contribution < -0.4 is 0 Å². The van der Waals surface area contributed by atoms with Gasteiger partial charge in [0, 0.05) is 0 Å². The van der Waals surface area contributed by atoms with Crippen LogP contribution in [-0.2, 0) is 35.9 Å². The quantitative estimate of drug-likeness (QED) is 0.161. The van der Waals surface area contributed by atoms with E-state index in [4.69, 9.17) is 15.3 Å². The number of allylic oxidation sites excluding steroid dienone is 2. The van der Waals surface area contributed by atoms with Crippen LogP contribution in [-0.4, -0.2) is 29.3 Å². The number of hydrogen-bond donors (Lipinski definition) is 0. The molecule has 0 aromatic carbocycles. The summed E-state index contributed by atoms with van der Waals surface area (Å²) in [6.45, 7) is 11.1. The van der Waals surface area contributed by atoms with Crippen LogP contribution in [0.2, 0.25) is 0 Å². The summed E-state index contributed by atoms with van der Waals surface area (Å²) in [6.07, 6.45) is 29.2. The van der Waals surface area contributed by atoms with Crippen LogP contribution in [0.1, 0.15) is 150 Å². The van der Waals surface area contributed by atoms with E-state index in [9.17, 15) is 0 Å². The Bertz CT molecular complexity index is 1720. The van der Waals surface area contributed by atoms with Crippen LogP contribution in [0, 0.1) is 74.0 Å². The van der Waals surface area contributed by atoms with E-state index in [-0.39, 0.29) is 16.2 Å². The topological polar surface area (TPSA) is 53.5 Å². The second-order valence-corrected chi connectivity index (χ2v) is 23.1. The van der Waals surface area contributed by atoms with E-state index in [2.05, 4.69) is 70.6 Å². The second kappa shape index (κ2) is 11.6. The number of hydrogen-bond acceptors (Lipinski definition) is 3. The molecule has 12 aliphatic rings. The first-order chi connectivity index (χ1) is 26.1. The zero-order valence-electron chi connectivity index (χ0n) is 33.2. The average molecular weight is 766 g/mol. The van der Waals surface area contributed by atoms with Crippen molar-refractivity contribution in [2.24, 2.45) is 53.3 Å². The normalized spacial score (nSPS) is 43.5.